The van der Waals surface area contributed by atoms with Crippen LogP contribution in [0, 0.1) is 0 Å². The van der Waals surface area contributed by atoms with Crippen molar-refractivity contribution >= 4 is 40.7 Å². The Kier molecular flexibility index (Phi) is 15.9. The van der Waals surface area contributed by atoms with Gasteiger partial charge < -0.3 is 60.9 Å². The predicted molar refractivity (Wildman–Crippen MR) is 239 cm³/mol. The van der Waals surface area contributed by atoms with Crippen molar-refractivity contribution in [2.45, 2.75) is 51.0 Å². The summed E-state index contributed by atoms with van der Waals surface area (Å²) in [5.41, 5.74) is 7.89. The molecule has 0 aromatic heterocycles. The van der Waals surface area contributed by atoms with E-state index >= 15 is 0 Å². The molecule has 3 aromatic rings. The van der Waals surface area contributed by atoms with E-state index in [1.54, 1.807) is 31.4 Å². The summed E-state index contributed by atoms with van der Waals surface area (Å²) in [4.78, 5) is 53.1. The lowest BCUT2D eigenvalue weighted by molar-refractivity contribution is -0.126. The normalized spacial score (nSPS) is 19.6. The second-order valence-corrected chi connectivity index (χ2v) is 15.0. The number of allylic oxidation sites excluding steroid dienone is 3. The van der Waals surface area contributed by atoms with Crippen molar-refractivity contribution in [2.24, 2.45) is 10.3 Å². The second-order valence-electron chi connectivity index (χ2n) is 15.0. The first-order valence-corrected chi connectivity index (χ1v) is 20.5. The highest BCUT2D eigenvalue weighted by Gasteiger charge is 2.38. The molecule has 3 heterocycles. The number of benzene rings is 3. The molecular weight excluding hydrogens is 825 g/mol. The molecule has 0 aliphatic carbocycles. The van der Waals surface area contributed by atoms with E-state index in [0.717, 1.165) is 12.1 Å². The first-order valence-electron chi connectivity index (χ1n) is 20.5. The molecule has 338 valence electrons. The number of aliphatic hydroxyl groups excluding tert-OH is 1. The molecule has 8 N–H and O–H groups in total. The fourth-order valence-electron chi connectivity index (χ4n) is 7.32. The molecule has 6 rings (SSSR count). The van der Waals surface area contributed by atoms with Crippen molar-refractivity contribution < 1.29 is 43.2 Å². The van der Waals surface area contributed by atoms with Gasteiger partial charge in [-0.1, -0.05) is 42.7 Å². The summed E-state index contributed by atoms with van der Waals surface area (Å²) < 4.78 is 24.6. The number of hydrogen-bond donors (Lipinski definition) is 8. The number of anilines is 3. The smallest absolute Gasteiger partial charge is 0.257 e. The molecule has 3 aliphatic rings. The third-order valence-corrected chi connectivity index (χ3v) is 10.2. The Labute approximate surface area is 371 Å². The minimum Gasteiger partial charge on any atom is -0.493 e. The molecule has 3 aliphatic heterocycles. The number of methoxy groups -OCH3 is 2. The molecule has 3 atom stereocenters. The van der Waals surface area contributed by atoms with Gasteiger partial charge in [-0.2, -0.15) is 5.11 Å². The Hall–Kier alpha value is -7.38. The summed E-state index contributed by atoms with van der Waals surface area (Å²) in [7, 11) is 4.52. The van der Waals surface area contributed by atoms with Crippen LogP contribution in [-0.4, -0.2) is 94.7 Å². The van der Waals surface area contributed by atoms with Crippen LogP contribution < -0.4 is 51.7 Å². The van der Waals surface area contributed by atoms with E-state index in [1.807, 2.05) is 30.4 Å². The first-order chi connectivity index (χ1) is 30.9. The molecule has 0 saturated heterocycles. The highest BCUT2D eigenvalue weighted by Crippen LogP contribution is 2.38. The van der Waals surface area contributed by atoms with Crippen molar-refractivity contribution in [3.8, 4) is 11.5 Å². The van der Waals surface area contributed by atoms with Crippen LogP contribution in [0.2, 0.25) is 0 Å². The largest absolute Gasteiger partial charge is 0.493 e. The average Bonchev–Trinajstić information content (AvgIpc) is 3.63. The summed E-state index contributed by atoms with van der Waals surface area (Å²) >= 11 is 0. The second kappa shape index (κ2) is 22.1. The van der Waals surface area contributed by atoms with Crippen molar-refractivity contribution in [1.29, 1.82) is 0 Å². The minimum atomic E-state index is -0.972. The zero-order valence-electron chi connectivity index (χ0n) is 36.0. The van der Waals surface area contributed by atoms with Crippen LogP contribution in [0.1, 0.15) is 39.9 Å². The maximum atomic E-state index is 13.3. The van der Waals surface area contributed by atoms with Gasteiger partial charge in [-0.3, -0.25) is 24.6 Å². The van der Waals surface area contributed by atoms with Gasteiger partial charge in [0, 0.05) is 48.6 Å². The lowest BCUT2D eigenvalue weighted by atomic mass is 10.1. The van der Waals surface area contributed by atoms with Gasteiger partial charge >= 0.3 is 0 Å². The molecule has 0 saturated carbocycles. The summed E-state index contributed by atoms with van der Waals surface area (Å²) in [5.74, 6) is -1.03. The Morgan fingerprint density at radius 2 is 1.66 bits per heavy atom. The van der Waals surface area contributed by atoms with Crippen molar-refractivity contribution in [3.63, 3.8) is 0 Å². The van der Waals surface area contributed by atoms with Gasteiger partial charge in [0.15, 0.2) is 17.7 Å². The van der Waals surface area contributed by atoms with Crippen molar-refractivity contribution in [1.82, 2.24) is 26.7 Å². The maximum Gasteiger partial charge on any atom is 0.257 e. The molecule has 0 spiro atoms. The molecular formula is C45H54N10O9. The van der Waals surface area contributed by atoms with Gasteiger partial charge in [-0.25, -0.2) is 0 Å². The Morgan fingerprint density at radius 3 is 2.41 bits per heavy atom. The van der Waals surface area contributed by atoms with E-state index < -0.39 is 36.1 Å². The van der Waals surface area contributed by atoms with Gasteiger partial charge in [0.05, 0.1) is 44.5 Å². The number of nitrogens with zero attached hydrogens (tertiary/aromatic N) is 3. The number of hydrogen-bond acceptors (Lipinski definition) is 14. The van der Waals surface area contributed by atoms with Crippen LogP contribution in [0.5, 0.6) is 11.5 Å². The molecule has 64 heavy (non-hydrogen) atoms. The van der Waals surface area contributed by atoms with E-state index in [-0.39, 0.29) is 56.0 Å². The Bertz CT molecular complexity index is 2330. The van der Waals surface area contributed by atoms with Gasteiger partial charge in [0.2, 0.25) is 17.7 Å². The van der Waals surface area contributed by atoms with E-state index in [0.29, 0.717) is 59.0 Å². The fourth-order valence-corrected chi connectivity index (χ4v) is 7.32. The topological polar surface area (TPSA) is 238 Å². The lowest BCUT2D eigenvalue weighted by Crippen LogP contribution is -2.49. The van der Waals surface area contributed by atoms with E-state index in [2.05, 4.69) is 77.9 Å². The highest BCUT2D eigenvalue weighted by atomic mass is 16.5. The van der Waals surface area contributed by atoms with Crippen LogP contribution in [0.3, 0.4) is 0 Å². The Morgan fingerprint density at radius 1 is 0.922 bits per heavy atom. The number of para-hydroxylation sites is 1. The molecule has 4 amide bonds. The van der Waals surface area contributed by atoms with E-state index in [4.69, 9.17) is 18.9 Å². The first kappa shape index (κ1) is 46.1. The van der Waals surface area contributed by atoms with Crippen LogP contribution in [0.4, 0.5) is 17.1 Å². The molecule has 19 nitrogen and oxygen atoms in total. The van der Waals surface area contributed by atoms with E-state index in [1.165, 1.54) is 25.8 Å². The zero-order valence-corrected chi connectivity index (χ0v) is 36.0. The standard InChI is InChI=1S/C45H54N10O9/c1-27-10-6-9-13-40(56)53-35-20-38(37(61-4)19-34(35)44(60)51-27)63-25-29-15-30(17-32(16-29)52-43(59)23-49-41(57)22-48-42(58)24-50-54-46-3)26-64-39-14-28(2)47-21-33-18-31-11-7-8-12-36(31)55(33)45(39)62-5/h6-8,10-12,14-17,19-20,33,40,45,47,53,56H,1-2,9,13,18,21-26H2,3-5H3,(H,46,50)(H,48,58)(H,49,57)(H,51,60)(H,52,59)/b10-6-,39-14+/t33-,40?,45?/m0/s1. The molecule has 19 heteroatoms. The molecule has 0 radical (unpaired) electrons. The molecule has 3 aromatic carbocycles. The van der Waals surface area contributed by atoms with E-state index in [9.17, 15) is 24.3 Å². The molecule has 0 fully saturated rings. The van der Waals surface area contributed by atoms with Crippen LogP contribution in [0.25, 0.3) is 0 Å². The maximum absolute atomic E-state index is 13.3. The van der Waals surface area contributed by atoms with Crippen LogP contribution >= 0.6 is 0 Å². The summed E-state index contributed by atoms with van der Waals surface area (Å²) in [6, 6.07) is 16.7. The third-order valence-electron chi connectivity index (χ3n) is 10.2. The van der Waals surface area contributed by atoms with Gasteiger partial charge in [-0.15, -0.1) is 0 Å². The zero-order chi connectivity index (χ0) is 45.6. The number of fused-ring (bicyclic) bond motifs is 4. The van der Waals surface area contributed by atoms with Crippen molar-refractivity contribution in [2.75, 3.05) is 63.0 Å². The number of nitrogens with one attached hydrogen (secondary N) is 7. The van der Waals surface area contributed by atoms with Crippen LogP contribution in [0.15, 0.2) is 113 Å². The Balaban J connectivity index is 1.23. The van der Waals surface area contributed by atoms with Gasteiger partial charge in [0.1, 0.15) is 31.7 Å². The number of carbonyl (C=O) groups excluding carboxylic acids is 4. The quantitative estimate of drug-likeness (QED) is 0.0763. The SMILES string of the molecule is C=C1/C=C\CCC(O)Nc2cc(OCc3cc(CO/C4=C/C(=C)NC[C@@H]5Cc6ccccc6N5C4OC)cc(NC(=O)CNC(=O)CNC(=O)CN/N=N/C)c3)c(OC)cc2C(=O)N1. The monoisotopic (exact) mass is 878 g/mol. The lowest BCUT2D eigenvalue weighted by Gasteiger charge is -2.37. The summed E-state index contributed by atoms with van der Waals surface area (Å²) in [6.07, 6.45) is 5.49. The molecule has 2 unspecified atom stereocenters. The molecule has 0 bridgehead atoms. The number of ether oxygens (including phenoxy) is 4. The summed E-state index contributed by atoms with van der Waals surface area (Å²) in [5, 5.41) is 34.6. The fraction of sp³-hybridized carbons (Fsp3) is 0.333. The summed E-state index contributed by atoms with van der Waals surface area (Å²) in [6.45, 7) is 7.82. The van der Waals surface area contributed by atoms with Gasteiger partial charge in [0.25, 0.3) is 5.91 Å². The predicted octanol–water partition coefficient (Wildman–Crippen LogP) is 3.28. The van der Waals surface area contributed by atoms with Crippen molar-refractivity contribution in [3.05, 3.63) is 125 Å². The minimum absolute atomic E-state index is 0.0391. The number of carbonyl (C=O) groups is 4. The highest BCUT2D eigenvalue weighted by molar-refractivity contribution is 6.01. The number of amides is 4. The third kappa shape index (κ3) is 12.4. The number of rotatable bonds is 16. The van der Waals surface area contributed by atoms with Gasteiger partial charge in [-0.05, 0) is 72.4 Å². The number of aliphatic hydroxyl groups is 1. The average molecular weight is 879 g/mol. The van der Waals surface area contributed by atoms with Crippen LogP contribution in [-0.2, 0) is 43.5 Å².